The van der Waals surface area contributed by atoms with E-state index in [-0.39, 0.29) is 12.2 Å². The van der Waals surface area contributed by atoms with Gasteiger partial charge in [-0.05, 0) is 31.5 Å². The first-order chi connectivity index (χ1) is 9.40. The molecule has 0 bridgehead atoms. The molecule has 6 heteroatoms. The van der Waals surface area contributed by atoms with Crippen LogP contribution in [-0.2, 0) is 13.7 Å². The Balaban J connectivity index is 2.19. The van der Waals surface area contributed by atoms with Crippen molar-refractivity contribution in [3.05, 3.63) is 46.5 Å². The molecule has 0 aliphatic carbocycles. The van der Waals surface area contributed by atoms with Crippen molar-refractivity contribution in [3.8, 4) is 5.75 Å². The van der Waals surface area contributed by atoms with Gasteiger partial charge in [-0.25, -0.2) is 9.18 Å². The van der Waals surface area contributed by atoms with Gasteiger partial charge in [-0.2, -0.15) is 5.10 Å². The zero-order valence-corrected chi connectivity index (χ0v) is 11.5. The summed E-state index contributed by atoms with van der Waals surface area (Å²) in [7, 11) is 1.82. The first-order valence-corrected chi connectivity index (χ1v) is 6.05. The molecule has 1 aromatic carbocycles. The van der Waals surface area contributed by atoms with Gasteiger partial charge in [0.15, 0.2) is 5.75 Å². The topological polar surface area (TPSA) is 64.4 Å². The van der Waals surface area contributed by atoms with Crippen LogP contribution in [0.25, 0.3) is 0 Å². The van der Waals surface area contributed by atoms with Gasteiger partial charge in [0.1, 0.15) is 18.1 Å². The number of aryl methyl sites for hydroxylation is 2. The molecule has 5 nitrogen and oxygen atoms in total. The van der Waals surface area contributed by atoms with Gasteiger partial charge in [-0.3, -0.25) is 4.68 Å². The summed E-state index contributed by atoms with van der Waals surface area (Å²) in [5, 5.41) is 13.1. The van der Waals surface area contributed by atoms with E-state index in [1.807, 2.05) is 20.9 Å². The van der Waals surface area contributed by atoms with Crippen LogP contribution in [-0.4, -0.2) is 20.9 Å². The van der Waals surface area contributed by atoms with Crippen molar-refractivity contribution >= 4 is 5.97 Å². The highest BCUT2D eigenvalue weighted by atomic mass is 19.1. The first kappa shape index (κ1) is 14.0. The van der Waals surface area contributed by atoms with E-state index in [0.29, 0.717) is 11.3 Å². The van der Waals surface area contributed by atoms with E-state index in [1.165, 1.54) is 12.1 Å². The van der Waals surface area contributed by atoms with Crippen molar-refractivity contribution < 1.29 is 19.0 Å². The number of carboxylic acid groups (broad SMARTS) is 1. The van der Waals surface area contributed by atoms with Crippen molar-refractivity contribution in [3.63, 3.8) is 0 Å². The van der Waals surface area contributed by atoms with E-state index in [1.54, 1.807) is 4.68 Å². The predicted molar refractivity (Wildman–Crippen MR) is 70.4 cm³/mol. The largest absolute Gasteiger partial charge is 0.485 e. The molecule has 1 heterocycles. The molecule has 2 aromatic rings. The fourth-order valence-corrected chi connectivity index (χ4v) is 1.94. The van der Waals surface area contributed by atoms with Crippen LogP contribution in [0.4, 0.5) is 4.39 Å². The van der Waals surface area contributed by atoms with Gasteiger partial charge in [-0.1, -0.05) is 6.07 Å². The molecule has 0 spiro atoms. The molecular formula is C14H15FN2O3. The molecule has 1 aromatic heterocycles. The molecule has 0 fully saturated rings. The van der Waals surface area contributed by atoms with Crippen LogP contribution in [0.5, 0.6) is 5.75 Å². The first-order valence-electron chi connectivity index (χ1n) is 6.05. The number of halogens is 1. The summed E-state index contributed by atoms with van der Waals surface area (Å²) >= 11 is 0. The maximum absolute atomic E-state index is 13.3. The Morgan fingerprint density at radius 2 is 2.15 bits per heavy atom. The number of carbonyl (C=O) groups is 1. The quantitative estimate of drug-likeness (QED) is 0.933. The molecule has 20 heavy (non-hydrogen) atoms. The Morgan fingerprint density at radius 3 is 2.70 bits per heavy atom. The standard InChI is InChI=1S/C14H15FN2O3/c1-8-13(9(2)17(3)16-8)20-7-10-4-5-12(15)11(6-10)14(18)19/h4-6H,7H2,1-3H3,(H,18,19). The summed E-state index contributed by atoms with van der Waals surface area (Å²) in [6.07, 6.45) is 0. The zero-order valence-electron chi connectivity index (χ0n) is 11.5. The van der Waals surface area contributed by atoms with Crippen LogP contribution in [0.1, 0.15) is 27.3 Å². The second-order valence-corrected chi connectivity index (χ2v) is 4.53. The van der Waals surface area contributed by atoms with E-state index in [4.69, 9.17) is 9.84 Å². The molecule has 0 atom stereocenters. The van der Waals surface area contributed by atoms with Gasteiger partial charge in [0, 0.05) is 7.05 Å². The lowest BCUT2D eigenvalue weighted by atomic mass is 10.1. The van der Waals surface area contributed by atoms with Crippen molar-refractivity contribution in [2.45, 2.75) is 20.5 Å². The summed E-state index contributed by atoms with van der Waals surface area (Å²) in [6.45, 7) is 3.87. The van der Waals surface area contributed by atoms with Gasteiger partial charge in [0.25, 0.3) is 0 Å². The summed E-state index contributed by atoms with van der Waals surface area (Å²) < 4.78 is 20.6. The molecule has 0 radical (unpaired) electrons. The Kier molecular flexibility index (Phi) is 3.74. The summed E-state index contributed by atoms with van der Waals surface area (Å²) in [4.78, 5) is 10.9. The highest BCUT2D eigenvalue weighted by molar-refractivity contribution is 5.88. The second-order valence-electron chi connectivity index (χ2n) is 4.53. The average Bonchev–Trinajstić information content (AvgIpc) is 2.62. The second kappa shape index (κ2) is 5.32. The van der Waals surface area contributed by atoms with E-state index >= 15 is 0 Å². The third-order valence-corrected chi connectivity index (χ3v) is 3.09. The molecule has 0 aliphatic heterocycles. The number of ether oxygens (including phenoxy) is 1. The molecule has 0 aliphatic rings. The van der Waals surface area contributed by atoms with Crippen LogP contribution in [0.3, 0.4) is 0 Å². The SMILES string of the molecule is Cc1nn(C)c(C)c1OCc1ccc(F)c(C(=O)O)c1. The Morgan fingerprint density at radius 1 is 1.45 bits per heavy atom. The smallest absolute Gasteiger partial charge is 0.338 e. The Bertz CT molecular complexity index is 665. The fourth-order valence-electron chi connectivity index (χ4n) is 1.94. The Labute approximate surface area is 115 Å². The molecular weight excluding hydrogens is 263 g/mol. The monoisotopic (exact) mass is 278 g/mol. The van der Waals surface area contributed by atoms with Gasteiger partial charge < -0.3 is 9.84 Å². The van der Waals surface area contributed by atoms with E-state index in [0.717, 1.165) is 17.5 Å². The summed E-state index contributed by atoms with van der Waals surface area (Å²) in [5.74, 6) is -1.39. The molecule has 2 rings (SSSR count). The minimum absolute atomic E-state index is 0.161. The molecule has 0 saturated heterocycles. The lowest BCUT2D eigenvalue weighted by molar-refractivity contribution is 0.0691. The number of aromatic carboxylic acids is 1. The van der Waals surface area contributed by atoms with Crippen LogP contribution in [0, 0.1) is 19.7 Å². The minimum Gasteiger partial charge on any atom is -0.485 e. The normalized spacial score (nSPS) is 10.6. The highest BCUT2D eigenvalue weighted by Gasteiger charge is 2.13. The van der Waals surface area contributed by atoms with Crippen molar-refractivity contribution in [1.29, 1.82) is 0 Å². The van der Waals surface area contributed by atoms with Crippen LogP contribution >= 0.6 is 0 Å². The average molecular weight is 278 g/mol. The lowest BCUT2D eigenvalue weighted by Gasteiger charge is -2.07. The number of hydrogen-bond acceptors (Lipinski definition) is 3. The molecule has 106 valence electrons. The fraction of sp³-hybridized carbons (Fsp3) is 0.286. The predicted octanol–water partition coefficient (Wildman–Crippen LogP) is 2.45. The maximum atomic E-state index is 13.3. The van der Waals surface area contributed by atoms with E-state index in [2.05, 4.69) is 5.10 Å². The van der Waals surface area contributed by atoms with Crippen LogP contribution in [0.15, 0.2) is 18.2 Å². The summed E-state index contributed by atoms with van der Waals surface area (Å²) in [6, 6.07) is 3.91. The van der Waals surface area contributed by atoms with Gasteiger partial charge in [0.05, 0.1) is 11.3 Å². The maximum Gasteiger partial charge on any atom is 0.338 e. The summed E-state index contributed by atoms with van der Waals surface area (Å²) in [5.41, 5.74) is 1.87. The van der Waals surface area contributed by atoms with E-state index in [9.17, 15) is 9.18 Å². The third-order valence-electron chi connectivity index (χ3n) is 3.09. The molecule has 0 unspecified atom stereocenters. The molecule has 0 saturated carbocycles. The number of hydrogen-bond donors (Lipinski definition) is 1. The number of carboxylic acids is 1. The van der Waals surface area contributed by atoms with Crippen molar-refractivity contribution in [2.75, 3.05) is 0 Å². The number of rotatable bonds is 4. The van der Waals surface area contributed by atoms with Crippen molar-refractivity contribution in [2.24, 2.45) is 7.05 Å². The minimum atomic E-state index is -1.29. The number of aromatic nitrogens is 2. The van der Waals surface area contributed by atoms with E-state index < -0.39 is 11.8 Å². The zero-order chi connectivity index (χ0) is 14.9. The van der Waals surface area contributed by atoms with Gasteiger partial charge >= 0.3 is 5.97 Å². The van der Waals surface area contributed by atoms with Crippen LogP contribution in [0.2, 0.25) is 0 Å². The third kappa shape index (κ3) is 2.64. The molecule has 0 amide bonds. The number of benzene rings is 1. The highest BCUT2D eigenvalue weighted by Crippen LogP contribution is 2.23. The lowest BCUT2D eigenvalue weighted by Crippen LogP contribution is -2.04. The molecule has 1 N–H and O–H groups in total. The number of nitrogens with zero attached hydrogens (tertiary/aromatic N) is 2. The van der Waals surface area contributed by atoms with Crippen LogP contribution < -0.4 is 4.74 Å². The van der Waals surface area contributed by atoms with Gasteiger partial charge in [0.2, 0.25) is 0 Å². The van der Waals surface area contributed by atoms with Crippen molar-refractivity contribution in [1.82, 2.24) is 9.78 Å². The van der Waals surface area contributed by atoms with Gasteiger partial charge in [-0.15, -0.1) is 0 Å². The Hall–Kier alpha value is -2.37.